The average molecular weight is 304 g/mol. The number of amides is 1. The third kappa shape index (κ3) is 3.71. The summed E-state index contributed by atoms with van der Waals surface area (Å²) in [6.07, 6.45) is 2.82. The molecule has 1 N–H and O–H groups in total. The Hall–Kier alpha value is -1.60. The SMILES string of the molecule is CN(C(=O)c1ccc([N+](=O)[O-])o1)C1CCCNCC1.Cl. The molecule has 0 bridgehead atoms. The van der Waals surface area contributed by atoms with Crippen LogP contribution in [0.15, 0.2) is 16.5 Å². The lowest BCUT2D eigenvalue weighted by molar-refractivity contribution is -0.402. The molecule has 1 aromatic heterocycles. The largest absolute Gasteiger partial charge is 0.433 e. The van der Waals surface area contributed by atoms with Crippen molar-refractivity contribution in [3.05, 3.63) is 28.0 Å². The maximum Gasteiger partial charge on any atom is 0.433 e. The predicted molar refractivity (Wildman–Crippen MR) is 75.2 cm³/mol. The molecule has 1 amide bonds. The fourth-order valence-corrected chi connectivity index (χ4v) is 2.27. The smallest absolute Gasteiger partial charge is 0.395 e. The van der Waals surface area contributed by atoms with E-state index in [0.29, 0.717) is 0 Å². The van der Waals surface area contributed by atoms with E-state index in [2.05, 4.69) is 5.32 Å². The molecule has 0 aromatic carbocycles. The van der Waals surface area contributed by atoms with Crippen molar-refractivity contribution in [2.75, 3.05) is 20.1 Å². The Morgan fingerprint density at radius 2 is 2.20 bits per heavy atom. The molecule has 1 aliphatic rings. The number of nitrogens with zero attached hydrogens (tertiary/aromatic N) is 2. The summed E-state index contributed by atoms with van der Waals surface area (Å²) in [4.78, 5) is 23.7. The molecule has 1 aliphatic heterocycles. The van der Waals surface area contributed by atoms with Gasteiger partial charge < -0.3 is 14.6 Å². The van der Waals surface area contributed by atoms with Crippen LogP contribution in [0.2, 0.25) is 0 Å². The molecular formula is C12H18ClN3O4. The van der Waals surface area contributed by atoms with Crippen molar-refractivity contribution in [3.8, 4) is 0 Å². The molecule has 8 heteroatoms. The molecule has 0 aliphatic carbocycles. The van der Waals surface area contributed by atoms with Gasteiger partial charge in [0.15, 0.2) is 5.76 Å². The van der Waals surface area contributed by atoms with E-state index in [9.17, 15) is 14.9 Å². The highest BCUT2D eigenvalue weighted by Gasteiger charge is 2.25. The van der Waals surface area contributed by atoms with Gasteiger partial charge in [-0.05, 0) is 38.4 Å². The van der Waals surface area contributed by atoms with Crippen LogP contribution in [0.1, 0.15) is 29.8 Å². The fraction of sp³-hybridized carbons (Fsp3) is 0.583. The maximum atomic E-state index is 12.2. The van der Waals surface area contributed by atoms with E-state index in [0.717, 1.165) is 32.4 Å². The number of carbonyl (C=O) groups excluding carboxylic acids is 1. The zero-order valence-corrected chi connectivity index (χ0v) is 12.0. The van der Waals surface area contributed by atoms with Crippen LogP contribution in [0.4, 0.5) is 5.88 Å². The van der Waals surface area contributed by atoms with Crippen molar-refractivity contribution in [3.63, 3.8) is 0 Å². The van der Waals surface area contributed by atoms with Gasteiger partial charge in [-0.2, -0.15) is 0 Å². The summed E-state index contributed by atoms with van der Waals surface area (Å²) in [5.74, 6) is -0.689. The Labute approximate surface area is 122 Å². The normalized spacial score (nSPS) is 18.8. The van der Waals surface area contributed by atoms with Crippen LogP contribution in [0.5, 0.6) is 0 Å². The van der Waals surface area contributed by atoms with Gasteiger partial charge in [0.25, 0.3) is 5.91 Å². The standard InChI is InChI=1S/C12H17N3O4.ClH/c1-14(9-3-2-7-13-8-6-9)12(16)10-4-5-11(19-10)15(17)18;/h4-5,9,13H,2-3,6-8H2,1H3;1H. The monoisotopic (exact) mass is 303 g/mol. The van der Waals surface area contributed by atoms with Crippen molar-refractivity contribution in [2.24, 2.45) is 0 Å². The number of carbonyl (C=O) groups is 1. The molecule has 20 heavy (non-hydrogen) atoms. The van der Waals surface area contributed by atoms with Crippen LogP contribution in [0, 0.1) is 10.1 Å². The van der Waals surface area contributed by atoms with E-state index in [4.69, 9.17) is 4.42 Å². The summed E-state index contributed by atoms with van der Waals surface area (Å²) in [5, 5.41) is 13.8. The minimum absolute atomic E-state index is 0. The van der Waals surface area contributed by atoms with Gasteiger partial charge in [0.05, 0.1) is 6.07 Å². The summed E-state index contributed by atoms with van der Waals surface area (Å²) in [7, 11) is 1.71. The number of hydrogen-bond acceptors (Lipinski definition) is 5. The minimum atomic E-state index is -0.646. The molecular weight excluding hydrogens is 286 g/mol. The molecule has 7 nitrogen and oxygen atoms in total. The number of halogens is 1. The second-order valence-corrected chi connectivity index (χ2v) is 4.65. The molecule has 2 rings (SSSR count). The first-order valence-corrected chi connectivity index (χ1v) is 6.31. The first-order valence-electron chi connectivity index (χ1n) is 6.31. The second kappa shape index (κ2) is 7.25. The van der Waals surface area contributed by atoms with Crippen molar-refractivity contribution < 1.29 is 14.1 Å². The van der Waals surface area contributed by atoms with Crippen LogP contribution in [0.25, 0.3) is 0 Å². The summed E-state index contributed by atoms with van der Waals surface area (Å²) < 4.78 is 4.94. The maximum absolute atomic E-state index is 12.2. The second-order valence-electron chi connectivity index (χ2n) is 4.65. The highest BCUT2D eigenvalue weighted by molar-refractivity contribution is 5.91. The Kier molecular flexibility index (Phi) is 5.97. The van der Waals surface area contributed by atoms with Gasteiger partial charge >= 0.3 is 5.88 Å². The van der Waals surface area contributed by atoms with Crippen LogP contribution in [0.3, 0.4) is 0 Å². The van der Waals surface area contributed by atoms with E-state index in [1.807, 2.05) is 0 Å². The van der Waals surface area contributed by atoms with Crippen molar-refractivity contribution in [2.45, 2.75) is 25.3 Å². The van der Waals surface area contributed by atoms with Crippen molar-refractivity contribution in [1.29, 1.82) is 0 Å². The van der Waals surface area contributed by atoms with Crippen LogP contribution < -0.4 is 5.32 Å². The van der Waals surface area contributed by atoms with Crippen LogP contribution in [-0.4, -0.2) is 41.9 Å². The van der Waals surface area contributed by atoms with E-state index in [-0.39, 0.29) is 30.1 Å². The molecule has 0 saturated carbocycles. The summed E-state index contributed by atoms with van der Waals surface area (Å²) in [5.41, 5.74) is 0. The molecule has 1 atom stereocenters. The lowest BCUT2D eigenvalue weighted by Crippen LogP contribution is -2.37. The average Bonchev–Trinajstić information content (AvgIpc) is 2.73. The quantitative estimate of drug-likeness (QED) is 0.679. The zero-order valence-electron chi connectivity index (χ0n) is 11.2. The first-order chi connectivity index (χ1) is 9.09. The van der Waals surface area contributed by atoms with Crippen LogP contribution >= 0.6 is 12.4 Å². The van der Waals surface area contributed by atoms with Crippen LogP contribution in [-0.2, 0) is 0 Å². The number of nitro groups is 1. The lowest BCUT2D eigenvalue weighted by Gasteiger charge is -2.26. The van der Waals surface area contributed by atoms with Crippen molar-refractivity contribution >= 4 is 24.2 Å². The van der Waals surface area contributed by atoms with E-state index >= 15 is 0 Å². The molecule has 1 fully saturated rings. The first kappa shape index (κ1) is 16.5. The van der Waals surface area contributed by atoms with E-state index in [1.54, 1.807) is 11.9 Å². The van der Waals surface area contributed by atoms with Gasteiger partial charge in [-0.1, -0.05) is 0 Å². The summed E-state index contributed by atoms with van der Waals surface area (Å²) in [6, 6.07) is 2.70. The molecule has 1 aromatic rings. The van der Waals surface area contributed by atoms with Gasteiger partial charge in [0.1, 0.15) is 4.92 Å². The van der Waals surface area contributed by atoms with Gasteiger partial charge in [-0.3, -0.25) is 14.9 Å². The van der Waals surface area contributed by atoms with Gasteiger partial charge in [0.2, 0.25) is 0 Å². The Morgan fingerprint density at radius 3 is 2.85 bits per heavy atom. The molecule has 112 valence electrons. The number of hydrogen-bond donors (Lipinski definition) is 1. The Morgan fingerprint density at radius 1 is 1.45 bits per heavy atom. The van der Waals surface area contributed by atoms with E-state index < -0.39 is 10.8 Å². The molecule has 0 radical (unpaired) electrons. The minimum Gasteiger partial charge on any atom is -0.395 e. The Balaban J connectivity index is 0.00000200. The third-order valence-electron chi connectivity index (χ3n) is 3.40. The summed E-state index contributed by atoms with van der Waals surface area (Å²) >= 11 is 0. The van der Waals surface area contributed by atoms with Gasteiger partial charge in [-0.25, -0.2) is 0 Å². The predicted octanol–water partition coefficient (Wildman–Crippen LogP) is 1.82. The Bertz CT molecular complexity index is 469. The summed E-state index contributed by atoms with van der Waals surface area (Å²) in [6.45, 7) is 1.84. The van der Waals surface area contributed by atoms with Crippen molar-refractivity contribution in [1.82, 2.24) is 10.2 Å². The molecule has 1 saturated heterocycles. The van der Waals surface area contributed by atoms with E-state index in [1.165, 1.54) is 12.1 Å². The topological polar surface area (TPSA) is 88.6 Å². The number of rotatable bonds is 3. The van der Waals surface area contributed by atoms with Gasteiger partial charge in [-0.15, -0.1) is 12.4 Å². The van der Waals surface area contributed by atoms with Gasteiger partial charge in [0, 0.05) is 13.1 Å². The lowest BCUT2D eigenvalue weighted by atomic mass is 10.1. The number of nitrogens with one attached hydrogen (secondary N) is 1. The molecule has 1 unspecified atom stereocenters. The molecule has 2 heterocycles. The third-order valence-corrected chi connectivity index (χ3v) is 3.40. The fourth-order valence-electron chi connectivity index (χ4n) is 2.27. The highest BCUT2D eigenvalue weighted by Crippen LogP contribution is 2.19. The number of furan rings is 1. The highest BCUT2D eigenvalue weighted by atomic mass is 35.5. The zero-order chi connectivity index (χ0) is 13.8. The molecule has 0 spiro atoms.